The average molecular weight is 226 g/mol. The molecule has 1 saturated carbocycles. The van der Waals surface area contributed by atoms with Crippen LogP contribution in [0.25, 0.3) is 0 Å². The Kier molecular flexibility index (Phi) is 4.22. The number of nitrogens with two attached hydrogens (primary N) is 1. The number of likely N-dealkylation sites (tertiary alicyclic amines) is 1. The second-order valence-electron chi connectivity index (χ2n) is 5.67. The molecular formula is C13H26N2O. The maximum atomic E-state index is 9.39. The van der Waals surface area contributed by atoms with Crippen LogP contribution in [0.2, 0.25) is 0 Å². The number of nitrogens with zero attached hydrogens (tertiary/aromatic N) is 1. The summed E-state index contributed by atoms with van der Waals surface area (Å²) in [5.74, 6) is 0.541. The Labute approximate surface area is 99.0 Å². The minimum absolute atomic E-state index is 0.164. The number of hydrogen-bond donors (Lipinski definition) is 2. The van der Waals surface area contributed by atoms with Crippen LogP contribution in [-0.2, 0) is 0 Å². The number of hydrogen-bond acceptors (Lipinski definition) is 3. The van der Waals surface area contributed by atoms with Gasteiger partial charge in [0.1, 0.15) is 0 Å². The number of rotatable bonds is 4. The first-order valence-corrected chi connectivity index (χ1v) is 6.87. The van der Waals surface area contributed by atoms with E-state index in [2.05, 4.69) is 4.90 Å². The van der Waals surface area contributed by atoms with Gasteiger partial charge < -0.3 is 15.7 Å². The molecular weight excluding hydrogens is 200 g/mol. The summed E-state index contributed by atoms with van der Waals surface area (Å²) in [6, 6.07) is 0. The van der Waals surface area contributed by atoms with E-state index in [0.717, 1.165) is 6.42 Å². The molecule has 3 heteroatoms. The molecule has 0 spiro atoms. The molecule has 3 N–H and O–H groups in total. The minimum atomic E-state index is -0.268. The third-order valence-corrected chi connectivity index (χ3v) is 4.54. The second-order valence-corrected chi connectivity index (χ2v) is 5.67. The normalized spacial score (nSPS) is 36.8. The zero-order valence-corrected chi connectivity index (χ0v) is 10.3. The Morgan fingerprint density at radius 2 is 1.94 bits per heavy atom. The van der Waals surface area contributed by atoms with Gasteiger partial charge in [-0.2, -0.15) is 0 Å². The zero-order chi connectivity index (χ0) is 11.4. The van der Waals surface area contributed by atoms with E-state index in [1.165, 1.54) is 58.2 Å². The smallest absolute Gasteiger partial charge is 0.0613 e. The first kappa shape index (κ1) is 12.3. The van der Waals surface area contributed by atoms with E-state index < -0.39 is 0 Å². The summed E-state index contributed by atoms with van der Waals surface area (Å²) in [6.45, 7) is 3.88. The van der Waals surface area contributed by atoms with Crippen molar-refractivity contribution in [2.45, 2.75) is 50.5 Å². The molecule has 1 aliphatic heterocycles. The van der Waals surface area contributed by atoms with Crippen LogP contribution in [0.1, 0.15) is 44.9 Å². The van der Waals surface area contributed by atoms with Gasteiger partial charge in [-0.15, -0.1) is 0 Å². The number of aliphatic hydroxyl groups is 1. The van der Waals surface area contributed by atoms with Gasteiger partial charge in [0.25, 0.3) is 0 Å². The Morgan fingerprint density at radius 3 is 2.62 bits per heavy atom. The summed E-state index contributed by atoms with van der Waals surface area (Å²) in [5, 5.41) is 9.39. The quantitative estimate of drug-likeness (QED) is 0.761. The molecule has 0 aromatic rings. The molecule has 1 heterocycles. The Balaban J connectivity index is 1.76. The van der Waals surface area contributed by atoms with Gasteiger partial charge in [-0.25, -0.2) is 0 Å². The molecule has 2 rings (SSSR count). The predicted octanol–water partition coefficient (Wildman–Crippen LogP) is 1.35. The highest BCUT2D eigenvalue weighted by molar-refractivity contribution is 4.96. The summed E-state index contributed by atoms with van der Waals surface area (Å²) in [5.41, 5.74) is 5.98. The molecule has 0 radical (unpaired) electrons. The summed E-state index contributed by atoms with van der Waals surface area (Å²) >= 11 is 0. The molecule has 1 saturated heterocycles. The summed E-state index contributed by atoms with van der Waals surface area (Å²) in [4.78, 5) is 2.57. The van der Waals surface area contributed by atoms with Gasteiger partial charge in [-0.1, -0.05) is 12.8 Å². The summed E-state index contributed by atoms with van der Waals surface area (Å²) in [7, 11) is 0. The Hall–Kier alpha value is -0.120. The fourth-order valence-corrected chi connectivity index (χ4v) is 3.33. The SMILES string of the molecule is NC1(CO)CCCC1CCN1CCCCC1. The monoisotopic (exact) mass is 226 g/mol. The van der Waals surface area contributed by atoms with Gasteiger partial charge in [0.15, 0.2) is 0 Å². The molecule has 1 aliphatic carbocycles. The fourth-order valence-electron chi connectivity index (χ4n) is 3.33. The van der Waals surface area contributed by atoms with E-state index in [0.29, 0.717) is 5.92 Å². The van der Waals surface area contributed by atoms with E-state index in [9.17, 15) is 5.11 Å². The molecule has 3 nitrogen and oxygen atoms in total. The van der Waals surface area contributed by atoms with E-state index in [4.69, 9.17) is 5.73 Å². The third kappa shape index (κ3) is 2.76. The highest BCUT2D eigenvalue weighted by atomic mass is 16.3. The highest BCUT2D eigenvalue weighted by Gasteiger charge is 2.38. The molecule has 2 aliphatic rings. The second kappa shape index (κ2) is 5.48. The van der Waals surface area contributed by atoms with Gasteiger partial charge in [0, 0.05) is 5.54 Å². The lowest BCUT2D eigenvalue weighted by molar-refractivity contribution is 0.139. The topological polar surface area (TPSA) is 49.5 Å². The van der Waals surface area contributed by atoms with Crippen molar-refractivity contribution < 1.29 is 5.11 Å². The van der Waals surface area contributed by atoms with Crippen molar-refractivity contribution >= 4 is 0 Å². The van der Waals surface area contributed by atoms with Crippen LogP contribution < -0.4 is 5.73 Å². The standard InChI is InChI=1S/C13H26N2O/c14-13(11-16)7-4-5-12(13)6-10-15-8-2-1-3-9-15/h12,16H,1-11,14H2. The summed E-state index contributed by atoms with van der Waals surface area (Å²) in [6.07, 6.45) is 8.71. The van der Waals surface area contributed by atoms with E-state index in [1.54, 1.807) is 0 Å². The van der Waals surface area contributed by atoms with Gasteiger partial charge in [-0.05, 0) is 57.7 Å². The van der Waals surface area contributed by atoms with Crippen LogP contribution >= 0.6 is 0 Å². The van der Waals surface area contributed by atoms with E-state index >= 15 is 0 Å². The van der Waals surface area contributed by atoms with Gasteiger partial charge in [0.05, 0.1) is 6.61 Å². The largest absolute Gasteiger partial charge is 0.394 e. The molecule has 2 fully saturated rings. The predicted molar refractivity (Wildman–Crippen MR) is 66.3 cm³/mol. The van der Waals surface area contributed by atoms with E-state index in [1.807, 2.05) is 0 Å². The van der Waals surface area contributed by atoms with Crippen molar-refractivity contribution in [3.05, 3.63) is 0 Å². The molecule has 0 aromatic heterocycles. The van der Waals surface area contributed by atoms with E-state index in [-0.39, 0.29) is 12.1 Å². The van der Waals surface area contributed by atoms with Crippen LogP contribution in [0, 0.1) is 5.92 Å². The van der Waals surface area contributed by atoms with Gasteiger partial charge in [-0.3, -0.25) is 0 Å². The minimum Gasteiger partial charge on any atom is -0.394 e. The number of aliphatic hydroxyl groups excluding tert-OH is 1. The molecule has 2 atom stereocenters. The molecule has 0 aromatic carbocycles. The van der Waals surface area contributed by atoms with Crippen LogP contribution in [0.15, 0.2) is 0 Å². The zero-order valence-electron chi connectivity index (χ0n) is 10.3. The first-order valence-electron chi connectivity index (χ1n) is 6.87. The third-order valence-electron chi connectivity index (χ3n) is 4.54. The lowest BCUT2D eigenvalue weighted by Gasteiger charge is -2.32. The van der Waals surface area contributed by atoms with Crippen LogP contribution in [0.4, 0.5) is 0 Å². The van der Waals surface area contributed by atoms with Gasteiger partial charge >= 0.3 is 0 Å². The van der Waals surface area contributed by atoms with Crippen molar-refractivity contribution in [3.63, 3.8) is 0 Å². The van der Waals surface area contributed by atoms with Crippen LogP contribution in [-0.4, -0.2) is 41.8 Å². The van der Waals surface area contributed by atoms with Gasteiger partial charge in [0.2, 0.25) is 0 Å². The lowest BCUT2D eigenvalue weighted by atomic mass is 9.86. The van der Waals surface area contributed by atoms with Crippen molar-refractivity contribution in [1.82, 2.24) is 4.90 Å². The maximum absolute atomic E-state index is 9.39. The van der Waals surface area contributed by atoms with Crippen molar-refractivity contribution in [1.29, 1.82) is 0 Å². The molecule has 16 heavy (non-hydrogen) atoms. The summed E-state index contributed by atoms with van der Waals surface area (Å²) < 4.78 is 0. The maximum Gasteiger partial charge on any atom is 0.0613 e. The Bertz CT molecular complexity index is 216. The number of piperidine rings is 1. The van der Waals surface area contributed by atoms with Crippen LogP contribution in [0.5, 0.6) is 0 Å². The fraction of sp³-hybridized carbons (Fsp3) is 1.00. The lowest BCUT2D eigenvalue weighted by Crippen LogP contribution is -2.48. The van der Waals surface area contributed by atoms with Crippen molar-refractivity contribution in [2.75, 3.05) is 26.2 Å². The van der Waals surface area contributed by atoms with Crippen molar-refractivity contribution in [2.24, 2.45) is 11.7 Å². The highest BCUT2D eigenvalue weighted by Crippen LogP contribution is 2.35. The van der Waals surface area contributed by atoms with Crippen molar-refractivity contribution in [3.8, 4) is 0 Å². The molecule has 94 valence electrons. The molecule has 2 unspecified atom stereocenters. The first-order chi connectivity index (χ1) is 7.74. The molecule has 0 amide bonds. The average Bonchev–Trinajstić information content (AvgIpc) is 2.70. The Morgan fingerprint density at radius 1 is 1.19 bits per heavy atom. The molecule has 0 bridgehead atoms. The van der Waals surface area contributed by atoms with Crippen LogP contribution in [0.3, 0.4) is 0 Å².